The molecule has 0 bridgehead atoms. The van der Waals surface area contributed by atoms with Crippen molar-refractivity contribution in [2.45, 2.75) is 85.7 Å². The standard InChI is InChI=1S/C25H26O2.C14H14O.C11H14O2/c1-16-6-12-22-20(14-16)25(26,21-15-17(2)7-13-23(21)27-22)19-10-8-18(9-11-19)24(3,4)5;1-11-3-7-13(8-4-11)15-14-9-5-12(2)6-10-14;1-11(2,3)9-6-4-8(5-7-9)10(12)13/h6-15,26H,1-5H3;3-10H,1-2H3;4-7H,1-3H3,(H,12,13). The molecular formula is C50H54O5. The highest BCUT2D eigenvalue weighted by atomic mass is 16.5. The molecule has 0 saturated heterocycles. The Bertz CT molecular complexity index is 2120. The van der Waals surface area contributed by atoms with Crippen molar-refractivity contribution >= 4 is 5.97 Å². The highest BCUT2D eigenvalue weighted by Crippen LogP contribution is 2.50. The maximum absolute atomic E-state index is 12.1. The first-order chi connectivity index (χ1) is 25.8. The van der Waals surface area contributed by atoms with Crippen molar-refractivity contribution in [3.8, 4) is 23.0 Å². The normalized spacial score (nSPS) is 12.7. The van der Waals surface area contributed by atoms with Crippen molar-refractivity contribution in [3.63, 3.8) is 0 Å². The minimum absolute atomic E-state index is 0.0693. The Kier molecular flexibility index (Phi) is 12.1. The summed E-state index contributed by atoms with van der Waals surface area (Å²) in [6.07, 6.45) is 0. The van der Waals surface area contributed by atoms with Gasteiger partial charge in [0.25, 0.3) is 0 Å². The summed E-state index contributed by atoms with van der Waals surface area (Å²) in [5.41, 5.74) is 8.77. The fraction of sp³-hybridized carbons (Fsp3) is 0.260. The van der Waals surface area contributed by atoms with Crippen LogP contribution in [0.2, 0.25) is 0 Å². The van der Waals surface area contributed by atoms with Gasteiger partial charge >= 0.3 is 5.97 Å². The van der Waals surface area contributed by atoms with Crippen molar-refractivity contribution in [2.75, 3.05) is 0 Å². The van der Waals surface area contributed by atoms with Crippen LogP contribution in [-0.4, -0.2) is 16.2 Å². The number of aryl methyl sites for hydroxylation is 4. The summed E-state index contributed by atoms with van der Waals surface area (Å²) in [7, 11) is 0. The second kappa shape index (κ2) is 16.4. The van der Waals surface area contributed by atoms with Gasteiger partial charge in [-0.1, -0.05) is 137 Å². The Hall–Kier alpha value is -5.65. The van der Waals surface area contributed by atoms with Crippen LogP contribution in [0.4, 0.5) is 0 Å². The van der Waals surface area contributed by atoms with Crippen molar-refractivity contribution in [3.05, 3.63) is 189 Å². The van der Waals surface area contributed by atoms with Gasteiger partial charge in [0.05, 0.1) is 5.56 Å². The molecule has 6 aromatic rings. The summed E-state index contributed by atoms with van der Waals surface area (Å²) in [6.45, 7) is 21.1. The monoisotopic (exact) mass is 734 g/mol. The van der Waals surface area contributed by atoms with E-state index in [0.29, 0.717) is 17.1 Å². The van der Waals surface area contributed by atoms with Crippen LogP contribution < -0.4 is 9.47 Å². The SMILES string of the molecule is CC(C)(C)c1ccc(C(=O)O)cc1.Cc1ccc(Oc2ccc(C)cc2)cc1.Cc1ccc2c(c1)C(O)(c1ccc(C(C)(C)C)cc1)c1cc(C)ccc1O2. The molecule has 0 saturated carbocycles. The molecule has 0 aromatic heterocycles. The Balaban J connectivity index is 0.000000175. The van der Waals surface area contributed by atoms with E-state index >= 15 is 0 Å². The van der Waals surface area contributed by atoms with Gasteiger partial charge in [0.15, 0.2) is 0 Å². The predicted octanol–water partition coefficient (Wildman–Crippen LogP) is 12.8. The molecule has 284 valence electrons. The van der Waals surface area contributed by atoms with Crippen molar-refractivity contribution < 1.29 is 24.5 Å². The van der Waals surface area contributed by atoms with Gasteiger partial charge in [0, 0.05) is 11.1 Å². The molecule has 1 aliphatic heterocycles. The second-order valence-electron chi connectivity index (χ2n) is 16.5. The maximum atomic E-state index is 12.1. The van der Waals surface area contributed by atoms with Crippen LogP contribution in [0.1, 0.15) is 102 Å². The molecule has 6 aromatic carbocycles. The Morgan fingerprint density at radius 1 is 0.527 bits per heavy atom. The minimum atomic E-state index is -1.24. The molecule has 7 rings (SSSR count). The summed E-state index contributed by atoms with van der Waals surface area (Å²) >= 11 is 0. The number of carboxylic acids is 1. The molecule has 0 radical (unpaired) electrons. The van der Waals surface area contributed by atoms with E-state index in [9.17, 15) is 9.90 Å². The van der Waals surface area contributed by atoms with Crippen LogP contribution in [0.25, 0.3) is 0 Å². The third kappa shape index (κ3) is 9.92. The molecule has 5 nitrogen and oxygen atoms in total. The lowest BCUT2D eigenvalue weighted by atomic mass is 9.76. The molecule has 0 unspecified atom stereocenters. The number of benzene rings is 6. The van der Waals surface area contributed by atoms with E-state index in [-0.39, 0.29) is 10.8 Å². The average molecular weight is 735 g/mol. The first-order valence-electron chi connectivity index (χ1n) is 18.7. The van der Waals surface area contributed by atoms with E-state index in [2.05, 4.69) is 67.5 Å². The molecule has 5 heteroatoms. The van der Waals surface area contributed by atoms with Crippen LogP contribution >= 0.6 is 0 Å². The van der Waals surface area contributed by atoms with Crippen LogP contribution in [0.3, 0.4) is 0 Å². The number of ether oxygens (including phenoxy) is 2. The third-order valence-electron chi connectivity index (χ3n) is 9.71. The number of fused-ring (bicyclic) bond motifs is 2. The lowest BCUT2D eigenvalue weighted by molar-refractivity contribution is 0.0696. The summed E-state index contributed by atoms with van der Waals surface area (Å²) in [5.74, 6) is 2.30. The average Bonchev–Trinajstić information content (AvgIpc) is 3.14. The van der Waals surface area contributed by atoms with E-state index in [1.807, 2.05) is 123 Å². The smallest absolute Gasteiger partial charge is 0.335 e. The van der Waals surface area contributed by atoms with E-state index in [0.717, 1.165) is 44.9 Å². The van der Waals surface area contributed by atoms with E-state index in [1.165, 1.54) is 16.7 Å². The van der Waals surface area contributed by atoms with Crippen molar-refractivity contribution in [1.82, 2.24) is 0 Å². The third-order valence-corrected chi connectivity index (χ3v) is 9.71. The summed E-state index contributed by atoms with van der Waals surface area (Å²) < 4.78 is 11.8. The topological polar surface area (TPSA) is 76.0 Å². The second-order valence-corrected chi connectivity index (χ2v) is 16.5. The summed E-state index contributed by atoms with van der Waals surface area (Å²) in [5, 5.41) is 20.8. The zero-order chi connectivity index (χ0) is 40.1. The van der Waals surface area contributed by atoms with Crippen molar-refractivity contribution in [2.24, 2.45) is 0 Å². The van der Waals surface area contributed by atoms with Gasteiger partial charge in [-0.25, -0.2) is 4.79 Å². The fourth-order valence-electron chi connectivity index (χ4n) is 6.28. The Labute approximate surface area is 327 Å². The molecule has 2 N–H and O–H groups in total. The zero-order valence-electron chi connectivity index (χ0n) is 33.8. The molecule has 0 amide bonds. The van der Waals surface area contributed by atoms with Gasteiger partial charge in [-0.2, -0.15) is 0 Å². The first-order valence-corrected chi connectivity index (χ1v) is 18.7. The molecule has 1 aliphatic rings. The lowest BCUT2D eigenvalue weighted by Crippen LogP contribution is -2.32. The van der Waals surface area contributed by atoms with Gasteiger partial charge in [-0.05, 0) is 116 Å². The number of carbonyl (C=O) groups is 1. The lowest BCUT2D eigenvalue weighted by Gasteiger charge is -2.37. The summed E-state index contributed by atoms with van der Waals surface area (Å²) in [6, 6.07) is 43.4. The van der Waals surface area contributed by atoms with Gasteiger partial charge in [0.1, 0.15) is 28.6 Å². The predicted molar refractivity (Wildman–Crippen MR) is 224 cm³/mol. The Morgan fingerprint density at radius 2 is 0.891 bits per heavy atom. The molecule has 0 atom stereocenters. The Morgan fingerprint density at radius 3 is 1.25 bits per heavy atom. The molecular weight excluding hydrogens is 681 g/mol. The van der Waals surface area contributed by atoms with Crippen LogP contribution in [0.15, 0.2) is 133 Å². The minimum Gasteiger partial charge on any atom is -0.478 e. The summed E-state index contributed by atoms with van der Waals surface area (Å²) in [4.78, 5) is 10.6. The van der Waals surface area contributed by atoms with E-state index in [4.69, 9.17) is 14.6 Å². The molecule has 1 heterocycles. The number of hydrogen-bond acceptors (Lipinski definition) is 4. The highest BCUT2D eigenvalue weighted by molar-refractivity contribution is 5.87. The number of carboxylic acid groups (broad SMARTS) is 1. The quantitative estimate of drug-likeness (QED) is 0.189. The van der Waals surface area contributed by atoms with Gasteiger partial charge in [0.2, 0.25) is 0 Å². The highest BCUT2D eigenvalue weighted by Gasteiger charge is 2.42. The fourth-order valence-corrected chi connectivity index (χ4v) is 6.28. The van der Waals surface area contributed by atoms with E-state index in [1.54, 1.807) is 12.1 Å². The number of aliphatic hydroxyl groups is 1. The van der Waals surface area contributed by atoms with Gasteiger partial charge in [-0.3, -0.25) is 0 Å². The van der Waals surface area contributed by atoms with Gasteiger partial charge < -0.3 is 19.7 Å². The first kappa shape index (κ1) is 40.5. The van der Waals surface area contributed by atoms with Crippen LogP contribution in [0.5, 0.6) is 23.0 Å². The van der Waals surface area contributed by atoms with Crippen LogP contribution in [0, 0.1) is 27.7 Å². The zero-order valence-corrected chi connectivity index (χ0v) is 33.8. The van der Waals surface area contributed by atoms with Gasteiger partial charge in [-0.15, -0.1) is 0 Å². The number of rotatable bonds is 4. The number of hydrogen-bond donors (Lipinski definition) is 2. The largest absolute Gasteiger partial charge is 0.478 e. The molecule has 0 aliphatic carbocycles. The van der Waals surface area contributed by atoms with Crippen LogP contribution in [-0.2, 0) is 16.4 Å². The maximum Gasteiger partial charge on any atom is 0.335 e. The number of aromatic carboxylic acids is 1. The molecule has 55 heavy (non-hydrogen) atoms. The van der Waals surface area contributed by atoms with Crippen molar-refractivity contribution in [1.29, 1.82) is 0 Å². The van der Waals surface area contributed by atoms with E-state index < -0.39 is 11.6 Å². The molecule has 0 spiro atoms. The molecule has 0 fully saturated rings.